The lowest BCUT2D eigenvalue weighted by Gasteiger charge is -2.17. The summed E-state index contributed by atoms with van der Waals surface area (Å²) in [7, 11) is 4.42. The van der Waals surface area contributed by atoms with Gasteiger partial charge in [0.05, 0.1) is 48.7 Å². The van der Waals surface area contributed by atoms with Gasteiger partial charge < -0.3 is 18.6 Å². The van der Waals surface area contributed by atoms with Crippen molar-refractivity contribution in [3.05, 3.63) is 87.8 Å². The van der Waals surface area contributed by atoms with Crippen LogP contribution in [-0.2, 0) is 0 Å². The molecule has 5 rings (SSSR count). The first-order valence-corrected chi connectivity index (χ1v) is 12.3. The van der Waals surface area contributed by atoms with Gasteiger partial charge in [-0.05, 0) is 48.9 Å². The summed E-state index contributed by atoms with van der Waals surface area (Å²) in [6.07, 6.45) is 2.61. The maximum atomic E-state index is 13.9. The number of hydrazone groups is 1. The number of para-hydroxylation sites is 1. The standard InChI is InChI=1S/C28H23N3O6S/c1-16-9-10-20-24(11-16)38-28(30-20)31(27(33)17-12-22(34-2)26(36-4)23(13-17)35-3)29-14-18-15-37-21-8-6-5-7-19(21)25(18)32/h5-15H,1-4H3/b29-14+. The molecule has 38 heavy (non-hydrogen) atoms. The summed E-state index contributed by atoms with van der Waals surface area (Å²) in [4.78, 5) is 31.5. The summed E-state index contributed by atoms with van der Waals surface area (Å²) < 4.78 is 22.7. The van der Waals surface area contributed by atoms with Crippen molar-refractivity contribution in [1.29, 1.82) is 0 Å². The molecule has 0 radical (unpaired) electrons. The van der Waals surface area contributed by atoms with Crippen LogP contribution < -0.4 is 24.6 Å². The van der Waals surface area contributed by atoms with Crippen LogP contribution in [0.4, 0.5) is 5.13 Å². The Labute approximate surface area is 221 Å². The lowest BCUT2D eigenvalue weighted by Crippen LogP contribution is -2.26. The molecule has 10 heteroatoms. The molecule has 0 N–H and O–H groups in total. The van der Waals surface area contributed by atoms with E-state index in [1.165, 1.54) is 57.3 Å². The first-order valence-electron chi connectivity index (χ1n) is 11.5. The Bertz CT molecular complexity index is 1730. The van der Waals surface area contributed by atoms with E-state index in [1.54, 1.807) is 24.3 Å². The Morgan fingerprint density at radius 3 is 2.47 bits per heavy atom. The number of aryl methyl sites for hydroxylation is 1. The van der Waals surface area contributed by atoms with Crippen LogP contribution in [0.2, 0.25) is 0 Å². The number of fused-ring (bicyclic) bond motifs is 2. The molecule has 1 amide bonds. The van der Waals surface area contributed by atoms with Crippen molar-refractivity contribution in [2.75, 3.05) is 26.3 Å². The van der Waals surface area contributed by atoms with E-state index in [0.717, 1.165) is 20.8 Å². The number of methoxy groups -OCH3 is 3. The van der Waals surface area contributed by atoms with E-state index in [9.17, 15) is 9.59 Å². The van der Waals surface area contributed by atoms with Crippen molar-refractivity contribution in [2.45, 2.75) is 6.92 Å². The second-order valence-corrected chi connectivity index (χ2v) is 9.27. The highest BCUT2D eigenvalue weighted by Gasteiger charge is 2.25. The molecule has 0 unspecified atom stereocenters. The summed E-state index contributed by atoms with van der Waals surface area (Å²) in [5.41, 5.74) is 2.38. The molecule has 9 nitrogen and oxygen atoms in total. The second kappa shape index (κ2) is 10.3. The van der Waals surface area contributed by atoms with Gasteiger partial charge in [-0.15, -0.1) is 0 Å². The lowest BCUT2D eigenvalue weighted by atomic mass is 10.1. The van der Waals surface area contributed by atoms with Crippen molar-refractivity contribution >= 4 is 49.8 Å². The van der Waals surface area contributed by atoms with Crippen molar-refractivity contribution < 1.29 is 23.4 Å². The molecule has 0 fully saturated rings. The monoisotopic (exact) mass is 529 g/mol. The maximum absolute atomic E-state index is 13.9. The topological polar surface area (TPSA) is 103 Å². The zero-order valence-electron chi connectivity index (χ0n) is 21.1. The Morgan fingerprint density at radius 1 is 1.03 bits per heavy atom. The molecule has 0 atom stereocenters. The van der Waals surface area contributed by atoms with Crippen LogP contribution in [-0.4, -0.2) is 38.4 Å². The average molecular weight is 530 g/mol. The molecule has 2 aromatic heterocycles. The molecule has 192 valence electrons. The van der Waals surface area contributed by atoms with E-state index in [2.05, 4.69) is 10.1 Å². The molecular weight excluding hydrogens is 506 g/mol. The van der Waals surface area contributed by atoms with E-state index >= 15 is 0 Å². The number of aromatic nitrogens is 1. The number of nitrogens with zero attached hydrogens (tertiary/aromatic N) is 3. The van der Waals surface area contributed by atoms with Crippen LogP contribution in [0.3, 0.4) is 0 Å². The number of carbonyl (C=O) groups is 1. The largest absolute Gasteiger partial charge is 0.493 e. The van der Waals surface area contributed by atoms with Crippen molar-refractivity contribution in [3.63, 3.8) is 0 Å². The lowest BCUT2D eigenvalue weighted by molar-refractivity contribution is 0.0987. The fourth-order valence-corrected chi connectivity index (χ4v) is 4.95. The van der Waals surface area contributed by atoms with Gasteiger partial charge in [-0.1, -0.05) is 29.5 Å². The van der Waals surface area contributed by atoms with Gasteiger partial charge in [-0.2, -0.15) is 10.1 Å². The first kappa shape index (κ1) is 25.0. The highest BCUT2D eigenvalue weighted by Crippen LogP contribution is 2.39. The fourth-order valence-electron chi connectivity index (χ4n) is 3.93. The minimum Gasteiger partial charge on any atom is -0.493 e. The summed E-state index contributed by atoms with van der Waals surface area (Å²) in [6.45, 7) is 1.98. The fraction of sp³-hybridized carbons (Fsp3) is 0.143. The number of benzene rings is 3. The minimum atomic E-state index is -0.513. The molecule has 5 aromatic rings. The number of carbonyl (C=O) groups excluding carboxylic acids is 1. The third kappa shape index (κ3) is 4.57. The number of ether oxygens (including phenoxy) is 3. The summed E-state index contributed by atoms with van der Waals surface area (Å²) in [5, 5.41) is 6.30. The van der Waals surface area contributed by atoms with Gasteiger partial charge in [0.15, 0.2) is 11.5 Å². The van der Waals surface area contributed by atoms with Crippen LogP contribution in [0.25, 0.3) is 21.2 Å². The molecule has 0 aliphatic rings. The van der Waals surface area contributed by atoms with Crippen LogP contribution in [0.1, 0.15) is 21.5 Å². The number of anilines is 1. The highest BCUT2D eigenvalue weighted by molar-refractivity contribution is 7.22. The van der Waals surface area contributed by atoms with Gasteiger partial charge in [-0.25, -0.2) is 4.98 Å². The van der Waals surface area contributed by atoms with E-state index in [1.807, 2.05) is 25.1 Å². The average Bonchev–Trinajstić information content (AvgIpc) is 3.36. The van der Waals surface area contributed by atoms with Crippen molar-refractivity contribution in [3.8, 4) is 17.2 Å². The molecule has 0 aliphatic heterocycles. The number of hydrogen-bond donors (Lipinski definition) is 0. The van der Waals surface area contributed by atoms with Gasteiger partial charge in [-0.3, -0.25) is 9.59 Å². The van der Waals surface area contributed by atoms with Gasteiger partial charge in [0, 0.05) is 5.56 Å². The zero-order chi connectivity index (χ0) is 26.8. The Morgan fingerprint density at radius 2 is 1.76 bits per heavy atom. The summed E-state index contributed by atoms with van der Waals surface area (Å²) in [5.74, 6) is 0.468. The van der Waals surface area contributed by atoms with Crippen molar-refractivity contribution in [1.82, 2.24) is 4.98 Å². The van der Waals surface area contributed by atoms with Gasteiger partial charge in [0.25, 0.3) is 5.91 Å². The Hall–Kier alpha value is -4.70. The molecule has 0 saturated carbocycles. The van der Waals surface area contributed by atoms with Gasteiger partial charge in [0.2, 0.25) is 16.3 Å². The molecule has 3 aromatic carbocycles. The second-order valence-electron chi connectivity index (χ2n) is 8.26. The first-order chi connectivity index (χ1) is 18.4. The minimum absolute atomic E-state index is 0.184. The zero-order valence-corrected chi connectivity index (χ0v) is 21.9. The summed E-state index contributed by atoms with van der Waals surface area (Å²) >= 11 is 1.30. The molecule has 0 bridgehead atoms. The number of rotatable bonds is 7. The van der Waals surface area contributed by atoms with E-state index in [0.29, 0.717) is 33.3 Å². The predicted octanol–water partition coefficient (Wildman–Crippen LogP) is 5.42. The van der Waals surface area contributed by atoms with Crippen LogP contribution in [0.15, 0.2) is 75.2 Å². The molecular formula is C28H23N3O6S. The third-order valence-corrected chi connectivity index (χ3v) is 6.83. The number of amides is 1. The normalized spacial score (nSPS) is 11.3. The molecule has 0 aliphatic carbocycles. The van der Waals surface area contributed by atoms with Crippen LogP contribution in [0, 0.1) is 6.92 Å². The smallest absolute Gasteiger partial charge is 0.281 e. The number of hydrogen-bond acceptors (Lipinski definition) is 9. The molecule has 0 saturated heterocycles. The van der Waals surface area contributed by atoms with Gasteiger partial charge >= 0.3 is 0 Å². The van der Waals surface area contributed by atoms with Gasteiger partial charge in [0.1, 0.15) is 11.8 Å². The van der Waals surface area contributed by atoms with E-state index in [4.69, 9.17) is 18.6 Å². The predicted molar refractivity (Wildman–Crippen MR) is 147 cm³/mol. The van der Waals surface area contributed by atoms with Crippen LogP contribution >= 0.6 is 11.3 Å². The Balaban J connectivity index is 1.63. The van der Waals surface area contributed by atoms with E-state index < -0.39 is 5.91 Å². The number of thiazole rings is 1. The quantitative estimate of drug-likeness (QED) is 0.205. The van der Waals surface area contributed by atoms with Crippen molar-refractivity contribution in [2.24, 2.45) is 5.10 Å². The molecule has 2 heterocycles. The Kier molecular flexibility index (Phi) is 6.80. The maximum Gasteiger partial charge on any atom is 0.281 e. The SMILES string of the molecule is COc1cc(C(=O)N(/N=C/c2coc3ccccc3c2=O)c2nc3ccc(C)cc3s2)cc(OC)c1OC. The third-order valence-electron chi connectivity index (χ3n) is 5.84. The summed E-state index contributed by atoms with van der Waals surface area (Å²) in [6, 6.07) is 15.8. The molecule has 0 spiro atoms. The highest BCUT2D eigenvalue weighted by atomic mass is 32.1. The van der Waals surface area contributed by atoms with Crippen LogP contribution in [0.5, 0.6) is 17.2 Å². The van der Waals surface area contributed by atoms with E-state index in [-0.39, 0.29) is 16.6 Å².